The summed E-state index contributed by atoms with van der Waals surface area (Å²) in [6, 6.07) is 6.64. The lowest BCUT2D eigenvalue weighted by Gasteiger charge is -2.34. The van der Waals surface area contributed by atoms with Crippen LogP contribution in [0.5, 0.6) is 5.75 Å². The van der Waals surface area contributed by atoms with Gasteiger partial charge in [-0.2, -0.15) is 13.2 Å². The highest BCUT2D eigenvalue weighted by molar-refractivity contribution is 5.77. The summed E-state index contributed by atoms with van der Waals surface area (Å²) in [4.78, 5) is 15.0. The molecule has 1 aliphatic heterocycles. The van der Waals surface area contributed by atoms with E-state index in [1.165, 1.54) is 6.07 Å². The first-order valence-electron chi connectivity index (χ1n) is 7.27. The standard InChI is InChI=1S/C15H19F3N2O3/c16-15(17,18)11-23-13-4-2-1-3-12(13)9-19-5-7-20(8-6-19)14(22)10-21/h1-4,21H,5-11H2. The summed E-state index contributed by atoms with van der Waals surface area (Å²) < 4.78 is 41.7. The van der Waals surface area contributed by atoms with E-state index in [2.05, 4.69) is 0 Å². The Morgan fingerprint density at radius 1 is 1.17 bits per heavy atom. The number of halogens is 3. The number of ether oxygens (including phenoxy) is 1. The third-order valence-electron chi connectivity index (χ3n) is 3.62. The molecule has 0 bridgehead atoms. The molecule has 8 heteroatoms. The fourth-order valence-corrected chi connectivity index (χ4v) is 2.43. The van der Waals surface area contributed by atoms with Crippen LogP contribution in [0, 0.1) is 0 Å². The first-order valence-corrected chi connectivity index (χ1v) is 7.27. The summed E-state index contributed by atoms with van der Waals surface area (Å²) in [7, 11) is 0. The maximum Gasteiger partial charge on any atom is 0.422 e. The maximum absolute atomic E-state index is 12.3. The quantitative estimate of drug-likeness (QED) is 0.882. The highest BCUT2D eigenvalue weighted by Gasteiger charge is 2.29. The second kappa shape index (κ2) is 7.65. The van der Waals surface area contributed by atoms with Gasteiger partial charge in [0.2, 0.25) is 5.91 Å². The summed E-state index contributed by atoms with van der Waals surface area (Å²) in [6.45, 7) is 0.806. The van der Waals surface area contributed by atoms with Gasteiger partial charge in [0.05, 0.1) is 0 Å². The zero-order chi connectivity index (χ0) is 16.9. The number of alkyl halides is 3. The SMILES string of the molecule is O=C(CO)N1CCN(Cc2ccccc2OCC(F)(F)F)CC1. The van der Waals surface area contributed by atoms with Crippen molar-refractivity contribution in [3.8, 4) is 5.75 Å². The van der Waals surface area contributed by atoms with E-state index in [1.807, 2.05) is 4.90 Å². The van der Waals surface area contributed by atoms with Gasteiger partial charge >= 0.3 is 6.18 Å². The van der Waals surface area contributed by atoms with Crippen LogP contribution >= 0.6 is 0 Å². The van der Waals surface area contributed by atoms with E-state index in [-0.39, 0.29) is 11.7 Å². The number of rotatable bonds is 5. The van der Waals surface area contributed by atoms with E-state index in [0.29, 0.717) is 38.3 Å². The number of hydrogen-bond donors (Lipinski definition) is 1. The lowest BCUT2D eigenvalue weighted by molar-refractivity contribution is -0.153. The Labute approximate surface area is 132 Å². The average Bonchev–Trinajstić information content (AvgIpc) is 2.53. The van der Waals surface area contributed by atoms with Gasteiger partial charge in [-0.25, -0.2) is 0 Å². The normalized spacial score (nSPS) is 16.4. The van der Waals surface area contributed by atoms with Crippen molar-refractivity contribution >= 4 is 5.91 Å². The molecule has 1 saturated heterocycles. The number of benzene rings is 1. The zero-order valence-corrected chi connectivity index (χ0v) is 12.6. The lowest BCUT2D eigenvalue weighted by atomic mass is 10.1. The van der Waals surface area contributed by atoms with Crippen molar-refractivity contribution in [1.82, 2.24) is 9.80 Å². The van der Waals surface area contributed by atoms with Crippen LogP contribution in [0.4, 0.5) is 13.2 Å². The highest BCUT2D eigenvalue weighted by atomic mass is 19.4. The summed E-state index contributed by atoms with van der Waals surface area (Å²) in [6.07, 6.45) is -4.37. The smallest absolute Gasteiger partial charge is 0.422 e. The minimum atomic E-state index is -4.37. The summed E-state index contributed by atoms with van der Waals surface area (Å²) >= 11 is 0. The minimum Gasteiger partial charge on any atom is -0.484 e. The number of hydrogen-bond acceptors (Lipinski definition) is 4. The predicted octanol–water partition coefficient (Wildman–Crippen LogP) is 1.26. The van der Waals surface area contributed by atoms with Gasteiger partial charge in [-0.15, -0.1) is 0 Å². The van der Waals surface area contributed by atoms with E-state index in [4.69, 9.17) is 9.84 Å². The Morgan fingerprint density at radius 3 is 2.43 bits per heavy atom. The molecule has 1 fully saturated rings. The van der Waals surface area contributed by atoms with Gasteiger partial charge in [0.1, 0.15) is 12.4 Å². The van der Waals surface area contributed by atoms with Crippen molar-refractivity contribution in [2.45, 2.75) is 12.7 Å². The fraction of sp³-hybridized carbons (Fsp3) is 0.533. The Bertz CT molecular complexity index is 529. The van der Waals surface area contributed by atoms with Crippen molar-refractivity contribution in [2.24, 2.45) is 0 Å². The molecular formula is C15H19F3N2O3. The molecule has 1 aliphatic rings. The monoisotopic (exact) mass is 332 g/mol. The lowest BCUT2D eigenvalue weighted by Crippen LogP contribution is -2.49. The molecule has 1 amide bonds. The molecule has 1 aromatic rings. The predicted molar refractivity (Wildman–Crippen MR) is 76.9 cm³/mol. The van der Waals surface area contributed by atoms with E-state index in [9.17, 15) is 18.0 Å². The van der Waals surface area contributed by atoms with Crippen LogP contribution in [-0.2, 0) is 11.3 Å². The van der Waals surface area contributed by atoms with Crippen molar-refractivity contribution in [3.63, 3.8) is 0 Å². The van der Waals surface area contributed by atoms with Crippen LogP contribution in [0.1, 0.15) is 5.56 Å². The molecule has 0 radical (unpaired) electrons. The molecule has 1 N–H and O–H groups in total. The molecule has 0 unspecified atom stereocenters. The third-order valence-corrected chi connectivity index (χ3v) is 3.62. The van der Waals surface area contributed by atoms with Crippen molar-refractivity contribution in [1.29, 1.82) is 0 Å². The third kappa shape index (κ3) is 5.40. The summed E-state index contributed by atoms with van der Waals surface area (Å²) in [5.41, 5.74) is 0.679. The molecule has 2 rings (SSSR count). The van der Waals surface area contributed by atoms with E-state index in [0.717, 1.165) is 0 Å². The van der Waals surface area contributed by atoms with Crippen molar-refractivity contribution in [2.75, 3.05) is 39.4 Å². The number of aliphatic hydroxyl groups is 1. The Balaban J connectivity index is 1.92. The minimum absolute atomic E-state index is 0.221. The largest absolute Gasteiger partial charge is 0.484 e. The Kier molecular flexibility index (Phi) is 5.84. The van der Waals surface area contributed by atoms with Crippen LogP contribution in [0.3, 0.4) is 0 Å². The van der Waals surface area contributed by atoms with E-state index < -0.39 is 19.4 Å². The number of piperazine rings is 1. The van der Waals surface area contributed by atoms with Crippen LogP contribution in [0.15, 0.2) is 24.3 Å². The van der Waals surface area contributed by atoms with E-state index in [1.54, 1.807) is 23.1 Å². The molecule has 0 aliphatic carbocycles. The van der Waals surface area contributed by atoms with Crippen molar-refractivity contribution < 1.29 is 27.8 Å². The molecule has 5 nitrogen and oxygen atoms in total. The number of para-hydroxylation sites is 1. The van der Waals surface area contributed by atoms with Gasteiger partial charge in [-0.1, -0.05) is 18.2 Å². The number of carbonyl (C=O) groups excluding carboxylic acids is 1. The molecule has 1 aromatic carbocycles. The molecule has 0 saturated carbocycles. The van der Waals surface area contributed by atoms with Gasteiger partial charge in [0.15, 0.2) is 6.61 Å². The van der Waals surface area contributed by atoms with Gasteiger partial charge in [-0.05, 0) is 6.07 Å². The Hall–Kier alpha value is -1.80. The number of carbonyl (C=O) groups is 1. The molecule has 128 valence electrons. The second-order valence-electron chi connectivity index (χ2n) is 5.33. The number of aliphatic hydroxyl groups excluding tert-OH is 1. The van der Waals surface area contributed by atoms with Gasteiger partial charge in [-0.3, -0.25) is 9.69 Å². The van der Waals surface area contributed by atoms with Crippen LogP contribution in [0.25, 0.3) is 0 Å². The summed E-state index contributed by atoms with van der Waals surface area (Å²) in [5, 5.41) is 8.84. The van der Waals surface area contributed by atoms with Gasteiger partial charge < -0.3 is 14.7 Å². The van der Waals surface area contributed by atoms with Gasteiger partial charge in [0.25, 0.3) is 0 Å². The zero-order valence-electron chi connectivity index (χ0n) is 12.6. The Morgan fingerprint density at radius 2 is 1.83 bits per heavy atom. The maximum atomic E-state index is 12.3. The number of nitrogens with zero attached hydrogens (tertiary/aromatic N) is 2. The molecule has 0 spiro atoms. The van der Waals surface area contributed by atoms with Crippen LogP contribution in [0.2, 0.25) is 0 Å². The number of amides is 1. The first-order chi connectivity index (χ1) is 10.9. The molecule has 0 aromatic heterocycles. The molecule has 1 heterocycles. The van der Waals surface area contributed by atoms with Crippen LogP contribution in [-0.4, -0.2) is 66.4 Å². The molecule has 23 heavy (non-hydrogen) atoms. The topological polar surface area (TPSA) is 53.0 Å². The first kappa shape index (κ1) is 17.6. The highest BCUT2D eigenvalue weighted by Crippen LogP contribution is 2.23. The summed E-state index contributed by atoms with van der Waals surface area (Å²) in [5.74, 6) is -0.0859. The van der Waals surface area contributed by atoms with Crippen LogP contribution < -0.4 is 4.74 Å². The second-order valence-corrected chi connectivity index (χ2v) is 5.33. The molecule has 0 atom stereocenters. The van der Waals surface area contributed by atoms with Gasteiger partial charge in [0, 0.05) is 38.3 Å². The van der Waals surface area contributed by atoms with Crippen molar-refractivity contribution in [3.05, 3.63) is 29.8 Å². The fourth-order valence-electron chi connectivity index (χ4n) is 2.43. The van der Waals surface area contributed by atoms with E-state index >= 15 is 0 Å². The molecular weight excluding hydrogens is 313 g/mol. The average molecular weight is 332 g/mol.